The second kappa shape index (κ2) is 6.89. The van der Waals surface area contributed by atoms with Gasteiger partial charge in [0, 0.05) is 25.8 Å². The maximum atomic E-state index is 11.0. The molecule has 0 aliphatic carbocycles. The highest BCUT2D eigenvalue weighted by Crippen LogP contribution is 2.26. The van der Waals surface area contributed by atoms with Gasteiger partial charge in [-0.3, -0.25) is 10.1 Å². The Morgan fingerprint density at radius 3 is 2.63 bits per heavy atom. The Morgan fingerprint density at radius 1 is 1.47 bits per heavy atom. The number of rotatable bonds is 7. The SMILES string of the molecule is CNc1ccc([N+](=O)[O-])c(NC(CCO)C(C)C)n1. The normalized spacial score (nSPS) is 12.3. The highest BCUT2D eigenvalue weighted by molar-refractivity contribution is 5.60. The van der Waals surface area contributed by atoms with Crippen LogP contribution in [0, 0.1) is 16.0 Å². The third-order valence-corrected chi connectivity index (χ3v) is 2.89. The van der Waals surface area contributed by atoms with Crippen LogP contribution < -0.4 is 10.6 Å². The Hall–Kier alpha value is -1.89. The van der Waals surface area contributed by atoms with E-state index in [1.165, 1.54) is 6.07 Å². The number of nitrogens with one attached hydrogen (secondary N) is 2. The monoisotopic (exact) mass is 268 g/mol. The van der Waals surface area contributed by atoms with Gasteiger partial charge in [0.05, 0.1) is 4.92 Å². The van der Waals surface area contributed by atoms with E-state index in [4.69, 9.17) is 5.11 Å². The average Bonchev–Trinajstić information content (AvgIpc) is 2.37. The molecule has 0 aliphatic heterocycles. The van der Waals surface area contributed by atoms with Crippen molar-refractivity contribution in [2.24, 2.45) is 5.92 Å². The van der Waals surface area contributed by atoms with Gasteiger partial charge < -0.3 is 15.7 Å². The number of aliphatic hydroxyl groups is 1. The molecular weight excluding hydrogens is 248 g/mol. The zero-order valence-corrected chi connectivity index (χ0v) is 11.4. The van der Waals surface area contributed by atoms with Crippen LogP contribution in [-0.4, -0.2) is 34.7 Å². The summed E-state index contributed by atoms with van der Waals surface area (Å²) in [6.45, 7) is 4.00. The summed E-state index contributed by atoms with van der Waals surface area (Å²) in [5.41, 5.74) is -0.0670. The van der Waals surface area contributed by atoms with Gasteiger partial charge in [0.15, 0.2) is 0 Å². The standard InChI is InChI=1S/C12H20N4O3/c1-8(2)9(6-7-17)14-12-10(16(18)19)4-5-11(13-3)15-12/h4-5,8-9,17H,6-7H2,1-3H3,(H2,13,14,15). The molecule has 3 N–H and O–H groups in total. The molecule has 1 heterocycles. The molecule has 0 bridgehead atoms. The van der Waals surface area contributed by atoms with E-state index in [0.717, 1.165) is 0 Å². The predicted molar refractivity (Wildman–Crippen MR) is 74.4 cm³/mol. The highest BCUT2D eigenvalue weighted by Gasteiger charge is 2.20. The topological polar surface area (TPSA) is 100 Å². The van der Waals surface area contributed by atoms with Gasteiger partial charge in [0.2, 0.25) is 5.82 Å². The highest BCUT2D eigenvalue weighted by atomic mass is 16.6. The second-order valence-electron chi connectivity index (χ2n) is 4.58. The summed E-state index contributed by atoms with van der Waals surface area (Å²) in [5, 5.41) is 25.9. The summed E-state index contributed by atoms with van der Waals surface area (Å²) >= 11 is 0. The molecule has 0 aromatic carbocycles. The van der Waals surface area contributed by atoms with Gasteiger partial charge in [0.1, 0.15) is 5.82 Å². The Labute approximate surface area is 112 Å². The van der Waals surface area contributed by atoms with Gasteiger partial charge in [-0.15, -0.1) is 0 Å². The molecule has 0 saturated heterocycles. The molecule has 0 radical (unpaired) electrons. The summed E-state index contributed by atoms with van der Waals surface area (Å²) < 4.78 is 0. The lowest BCUT2D eigenvalue weighted by Crippen LogP contribution is -2.27. The first-order valence-corrected chi connectivity index (χ1v) is 6.20. The van der Waals surface area contributed by atoms with E-state index < -0.39 is 4.92 Å². The van der Waals surface area contributed by atoms with Crippen molar-refractivity contribution in [3.05, 3.63) is 22.2 Å². The minimum absolute atomic E-state index is 0.0232. The van der Waals surface area contributed by atoms with Crippen molar-refractivity contribution in [2.75, 3.05) is 24.3 Å². The first kappa shape index (κ1) is 15.2. The van der Waals surface area contributed by atoms with Crippen molar-refractivity contribution < 1.29 is 10.0 Å². The third kappa shape index (κ3) is 4.06. The summed E-state index contributed by atoms with van der Waals surface area (Å²) in [6, 6.07) is 2.90. The van der Waals surface area contributed by atoms with E-state index in [1.807, 2.05) is 13.8 Å². The minimum Gasteiger partial charge on any atom is -0.396 e. The molecule has 106 valence electrons. The Morgan fingerprint density at radius 2 is 2.16 bits per heavy atom. The van der Waals surface area contributed by atoms with Crippen molar-refractivity contribution >= 4 is 17.3 Å². The van der Waals surface area contributed by atoms with Crippen molar-refractivity contribution in [1.82, 2.24) is 4.98 Å². The lowest BCUT2D eigenvalue weighted by atomic mass is 10.0. The van der Waals surface area contributed by atoms with Crippen LogP contribution in [-0.2, 0) is 0 Å². The second-order valence-corrected chi connectivity index (χ2v) is 4.58. The van der Waals surface area contributed by atoms with Crippen LogP contribution in [0.4, 0.5) is 17.3 Å². The first-order chi connectivity index (χ1) is 8.99. The molecule has 7 nitrogen and oxygen atoms in total. The van der Waals surface area contributed by atoms with E-state index in [-0.39, 0.29) is 30.1 Å². The predicted octanol–water partition coefficient (Wildman–Crippen LogP) is 1.85. The molecule has 0 aliphatic rings. The maximum absolute atomic E-state index is 11.0. The van der Waals surface area contributed by atoms with Gasteiger partial charge >= 0.3 is 5.69 Å². The molecule has 1 atom stereocenters. The fraction of sp³-hybridized carbons (Fsp3) is 0.583. The Kier molecular flexibility index (Phi) is 5.50. The Bertz CT molecular complexity index is 437. The van der Waals surface area contributed by atoms with Crippen LogP contribution in [0.15, 0.2) is 12.1 Å². The molecule has 0 amide bonds. The number of nitro groups is 1. The van der Waals surface area contributed by atoms with Gasteiger partial charge in [-0.05, 0) is 18.4 Å². The van der Waals surface area contributed by atoms with Crippen molar-refractivity contribution in [3.63, 3.8) is 0 Å². The maximum Gasteiger partial charge on any atom is 0.311 e. The molecule has 1 rings (SSSR count). The Balaban J connectivity index is 3.04. The minimum atomic E-state index is -0.467. The first-order valence-electron chi connectivity index (χ1n) is 6.20. The van der Waals surface area contributed by atoms with Crippen LogP contribution in [0.2, 0.25) is 0 Å². The van der Waals surface area contributed by atoms with E-state index >= 15 is 0 Å². The molecule has 1 unspecified atom stereocenters. The molecular formula is C12H20N4O3. The van der Waals surface area contributed by atoms with Crippen LogP contribution in [0.1, 0.15) is 20.3 Å². The van der Waals surface area contributed by atoms with E-state index in [1.54, 1.807) is 13.1 Å². The number of aromatic nitrogens is 1. The molecule has 7 heteroatoms. The largest absolute Gasteiger partial charge is 0.396 e. The van der Waals surface area contributed by atoms with Crippen LogP contribution in [0.25, 0.3) is 0 Å². The molecule has 0 fully saturated rings. The summed E-state index contributed by atoms with van der Waals surface area (Å²) in [5.74, 6) is 1.01. The van der Waals surface area contributed by atoms with Crippen LogP contribution in [0.3, 0.4) is 0 Å². The average molecular weight is 268 g/mol. The van der Waals surface area contributed by atoms with Gasteiger partial charge in [0.25, 0.3) is 0 Å². The smallest absolute Gasteiger partial charge is 0.311 e. The number of aliphatic hydroxyl groups excluding tert-OH is 1. The molecule has 19 heavy (non-hydrogen) atoms. The third-order valence-electron chi connectivity index (χ3n) is 2.89. The summed E-state index contributed by atoms with van der Waals surface area (Å²) in [7, 11) is 1.70. The number of nitrogens with zero attached hydrogens (tertiary/aromatic N) is 2. The van der Waals surface area contributed by atoms with Crippen LogP contribution >= 0.6 is 0 Å². The van der Waals surface area contributed by atoms with Gasteiger partial charge in [-0.25, -0.2) is 4.98 Å². The van der Waals surface area contributed by atoms with Crippen LogP contribution in [0.5, 0.6) is 0 Å². The van der Waals surface area contributed by atoms with Crippen molar-refractivity contribution in [1.29, 1.82) is 0 Å². The lowest BCUT2D eigenvalue weighted by Gasteiger charge is -2.22. The van der Waals surface area contributed by atoms with E-state index in [0.29, 0.717) is 12.2 Å². The fourth-order valence-corrected chi connectivity index (χ4v) is 1.73. The van der Waals surface area contributed by atoms with Crippen molar-refractivity contribution in [2.45, 2.75) is 26.3 Å². The van der Waals surface area contributed by atoms with E-state index in [9.17, 15) is 10.1 Å². The van der Waals surface area contributed by atoms with Gasteiger partial charge in [-0.2, -0.15) is 0 Å². The number of anilines is 2. The van der Waals surface area contributed by atoms with Crippen molar-refractivity contribution in [3.8, 4) is 0 Å². The zero-order valence-electron chi connectivity index (χ0n) is 11.4. The summed E-state index contributed by atoms with van der Waals surface area (Å²) in [6.07, 6.45) is 0.514. The molecule has 0 spiro atoms. The number of hydrogen-bond acceptors (Lipinski definition) is 6. The molecule has 1 aromatic rings. The summed E-state index contributed by atoms with van der Waals surface area (Å²) in [4.78, 5) is 14.7. The van der Waals surface area contributed by atoms with Gasteiger partial charge in [-0.1, -0.05) is 13.8 Å². The quantitative estimate of drug-likeness (QED) is 0.515. The molecule has 0 saturated carbocycles. The number of pyridine rings is 1. The zero-order chi connectivity index (χ0) is 14.4. The van der Waals surface area contributed by atoms with E-state index in [2.05, 4.69) is 15.6 Å². The fourth-order valence-electron chi connectivity index (χ4n) is 1.73. The number of hydrogen-bond donors (Lipinski definition) is 3. The molecule has 1 aromatic heterocycles. The lowest BCUT2D eigenvalue weighted by molar-refractivity contribution is -0.384.